The Morgan fingerprint density at radius 1 is 1.56 bits per heavy atom. The zero-order chi connectivity index (χ0) is 13.7. The van der Waals surface area contributed by atoms with E-state index in [1.165, 1.54) is 7.11 Å². The first-order valence-corrected chi connectivity index (χ1v) is 5.26. The van der Waals surface area contributed by atoms with Crippen molar-refractivity contribution >= 4 is 11.8 Å². The number of aromatic nitrogens is 1. The van der Waals surface area contributed by atoms with Crippen LogP contribution in [-0.2, 0) is 16.0 Å². The molecule has 1 aromatic rings. The summed E-state index contributed by atoms with van der Waals surface area (Å²) in [5.74, 6) is -0.809. The number of pyridine rings is 1. The van der Waals surface area contributed by atoms with Crippen LogP contribution in [0, 0.1) is 0 Å². The highest BCUT2D eigenvalue weighted by Gasteiger charge is 2.19. The minimum Gasteiger partial charge on any atom is -0.481 e. The van der Waals surface area contributed by atoms with Crippen molar-refractivity contribution in [3.63, 3.8) is 0 Å². The highest BCUT2D eigenvalue weighted by atomic mass is 19.3. The molecular weight excluding hydrogens is 246 g/mol. The lowest BCUT2D eigenvalue weighted by molar-refractivity contribution is -0.142. The number of nitrogens with zero attached hydrogens (tertiary/aromatic N) is 1. The molecule has 0 saturated heterocycles. The lowest BCUT2D eigenvalue weighted by Gasteiger charge is -2.11. The van der Waals surface area contributed by atoms with Crippen LogP contribution in [-0.4, -0.2) is 24.7 Å². The van der Waals surface area contributed by atoms with Gasteiger partial charge in [-0.25, -0.2) is 8.78 Å². The third-order valence-electron chi connectivity index (χ3n) is 2.20. The Labute approximate surface area is 103 Å². The van der Waals surface area contributed by atoms with Gasteiger partial charge in [0.2, 0.25) is 5.88 Å². The van der Waals surface area contributed by atoms with E-state index in [0.717, 1.165) is 6.07 Å². The normalized spacial score (nSPS) is 10.5. The molecule has 1 aromatic heterocycles. The SMILES string of the molecule is CCOC(=O)Cc1cc(C(F)F)c(OC)nc1N. The summed E-state index contributed by atoms with van der Waals surface area (Å²) in [6, 6.07) is 1.11. The Bertz CT molecular complexity index is 439. The number of carbonyl (C=O) groups is 1. The summed E-state index contributed by atoms with van der Waals surface area (Å²) in [5.41, 5.74) is 5.37. The minimum absolute atomic E-state index is 0.0238. The van der Waals surface area contributed by atoms with Crippen molar-refractivity contribution < 1.29 is 23.0 Å². The molecule has 18 heavy (non-hydrogen) atoms. The standard InChI is InChI=1S/C11H14F2N2O3/c1-3-18-8(16)5-6-4-7(9(12)13)11(17-2)15-10(6)14/h4,9H,3,5H2,1-2H3,(H2,14,15). The van der Waals surface area contributed by atoms with Gasteiger partial charge < -0.3 is 15.2 Å². The average Bonchev–Trinajstić information content (AvgIpc) is 2.31. The summed E-state index contributed by atoms with van der Waals surface area (Å²) < 4.78 is 34.9. The number of hydrogen-bond donors (Lipinski definition) is 1. The fourth-order valence-corrected chi connectivity index (χ4v) is 1.40. The Kier molecular flexibility index (Phi) is 4.82. The predicted octanol–water partition coefficient (Wildman–Crippen LogP) is 1.72. The highest BCUT2D eigenvalue weighted by Crippen LogP contribution is 2.30. The molecule has 0 saturated carbocycles. The molecule has 0 amide bonds. The van der Waals surface area contributed by atoms with Crippen molar-refractivity contribution in [2.75, 3.05) is 19.5 Å². The van der Waals surface area contributed by atoms with Crippen LogP contribution >= 0.6 is 0 Å². The molecule has 0 fully saturated rings. The fraction of sp³-hybridized carbons (Fsp3) is 0.455. The minimum atomic E-state index is -2.76. The molecule has 0 atom stereocenters. The van der Waals surface area contributed by atoms with Gasteiger partial charge >= 0.3 is 5.97 Å². The maximum atomic E-state index is 12.7. The molecule has 0 spiro atoms. The molecular formula is C11H14F2N2O3. The maximum Gasteiger partial charge on any atom is 0.310 e. The van der Waals surface area contributed by atoms with Crippen LogP contribution in [0.1, 0.15) is 24.5 Å². The maximum absolute atomic E-state index is 12.7. The van der Waals surface area contributed by atoms with Gasteiger partial charge in [0.25, 0.3) is 6.43 Å². The van der Waals surface area contributed by atoms with Crippen LogP contribution in [0.3, 0.4) is 0 Å². The second kappa shape index (κ2) is 6.13. The summed E-state index contributed by atoms with van der Waals surface area (Å²) in [7, 11) is 1.22. The number of esters is 1. The van der Waals surface area contributed by atoms with Crippen molar-refractivity contribution in [1.29, 1.82) is 0 Å². The molecule has 0 aliphatic carbocycles. The molecule has 1 heterocycles. The van der Waals surface area contributed by atoms with Crippen LogP contribution in [0.2, 0.25) is 0 Å². The highest BCUT2D eigenvalue weighted by molar-refractivity contribution is 5.74. The number of nitrogens with two attached hydrogens (primary N) is 1. The van der Waals surface area contributed by atoms with E-state index in [4.69, 9.17) is 15.2 Å². The summed E-state index contributed by atoms with van der Waals surface area (Å²) in [5, 5.41) is 0. The lowest BCUT2D eigenvalue weighted by atomic mass is 10.1. The summed E-state index contributed by atoms with van der Waals surface area (Å²) in [4.78, 5) is 15.0. The smallest absolute Gasteiger partial charge is 0.310 e. The third-order valence-corrected chi connectivity index (χ3v) is 2.20. The Hall–Kier alpha value is -1.92. The van der Waals surface area contributed by atoms with Gasteiger partial charge in [0, 0.05) is 5.56 Å². The number of nitrogen functional groups attached to an aromatic ring is 1. The van der Waals surface area contributed by atoms with Crippen LogP contribution in [0.15, 0.2) is 6.07 Å². The third kappa shape index (κ3) is 3.28. The van der Waals surface area contributed by atoms with Crippen LogP contribution in [0.25, 0.3) is 0 Å². The fourth-order valence-electron chi connectivity index (χ4n) is 1.40. The van der Waals surface area contributed by atoms with E-state index in [-0.39, 0.29) is 30.3 Å². The van der Waals surface area contributed by atoms with E-state index in [0.29, 0.717) is 0 Å². The molecule has 5 nitrogen and oxygen atoms in total. The summed E-state index contributed by atoms with van der Waals surface area (Å²) in [6.45, 7) is 1.86. The number of ether oxygens (including phenoxy) is 2. The summed E-state index contributed by atoms with van der Waals surface area (Å²) in [6.07, 6.45) is -2.95. The van der Waals surface area contributed by atoms with Gasteiger partial charge in [0.15, 0.2) is 0 Å². The number of carbonyl (C=O) groups excluding carboxylic acids is 1. The van der Waals surface area contributed by atoms with Gasteiger partial charge in [-0.15, -0.1) is 0 Å². The zero-order valence-electron chi connectivity index (χ0n) is 10.1. The predicted molar refractivity (Wildman–Crippen MR) is 60.5 cm³/mol. The first kappa shape index (κ1) is 14.1. The van der Waals surface area contributed by atoms with Crippen LogP contribution in [0.5, 0.6) is 5.88 Å². The van der Waals surface area contributed by atoms with Crippen molar-refractivity contribution in [2.45, 2.75) is 19.8 Å². The van der Waals surface area contributed by atoms with Crippen LogP contribution < -0.4 is 10.5 Å². The Balaban J connectivity index is 3.05. The Morgan fingerprint density at radius 3 is 2.72 bits per heavy atom. The topological polar surface area (TPSA) is 74.4 Å². The van der Waals surface area contributed by atoms with Crippen LogP contribution in [0.4, 0.5) is 14.6 Å². The molecule has 0 radical (unpaired) electrons. The lowest BCUT2D eigenvalue weighted by Crippen LogP contribution is -2.11. The van der Waals surface area contributed by atoms with E-state index >= 15 is 0 Å². The van der Waals surface area contributed by atoms with Gasteiger partial charge in [-0.3, -0.25) is 4.79 Å². The largest absolute Gasteiger partial charge is 0.481 e. The van der Waals surface area contributed by atoms with Crippen molar-refractivity contribution in [3.05, 3.63) is 17.2 Å². The van der Waals surface area contributed by atoms with E-state index in [1.54, 1.807) is 6.92 Å². The molecule has 0 unspecified atom stereocenters. The van der Waals surface area contributed by atoms with Crippen molar-refractivity contribution in [3.8, 4) is 5.88 Å². The van der Waals surface area contributed by atoms with Gasteiger partial charge in [-0.05, 0) is 13.0 Å². The zero-order valence-corrected chi connectivity index (χ0v) is 10.1. The number of rotatable bonds is 5. The molecule has 100 valence electrons. The molecule has 1 rings (SSSR count). The first-order valence-electron chi connectivity index (χ1n) is 5.26. The molecule has 0 aliphatic rings. The van der Waals surface area contributed by atoms with Crippen molar-refractivity contribution in [1.82, 2.24) is 4.98 Å². The van der Waals surface area contributed by atoms with Gasteiger partial charge in [0.1, 0.15) is 5.82 Å². The average molecular weight is 260 g/mol. The van der Waals surface area contributed by atoms with Gasteiger partial charge in [0.05, 0.1) is 25.7 Å². The van der Waals surface area contributed by atoms with Gasteiger partial charge in [-0.1, -0.05) is 0 Å². The van der Waals surface area contributed by atoms with E-state index in [9.17, 15) is 13.6 Å². The molecule has 2 N–H and O–H groups in total. The molecule has 0 bridgehead atoms. The van der Waals surface area contributed by atoms with Gasteiger partial charge in [-0.2, -0.15) is 4.98 Å². The first-order chi connectivity index (χ1) is 8.49. The molecule has 0 aliphatic heterocycles. The quantitative estimate of drug-likeness (QED) is 0.816. The number of anilines is 1. The number of alkyl halides is 2. The number of methoxy groups -OCH3 is 1. The molecule has 7 heteroatoms. The second-order valence-electron chi connectivity index (χ2n) is 3.41. The number of hydrogen-bond acceptors (Lipinski definition) is 5. The summed E-state index contributed by atoms with van der Waals surface area (Å²) >= 11 is 0. The van der Waals surface area contributed by atoms with E-state index < -0.39 is 18.0 Å². The molecule has 0 aromatic carbocycles. The number of halogens is 2. The monoisotopic (exact) mass is 260 g/mol. The second-order valence-corrected chi connectivity index (χ2v) is 3.41. The van der Waals surface area contributed by atoms with Crippen molar-refractivity contribution in [2.24, 2.45) is 0 Å². The van der Waals surface area contributed by atoms with E-state index in [2.05, 4.69) is 4.98 Å². The Morgan fingerprint density at radius 2 is 2.22 bits per heavy atom. The van der Waals surface area contributed by atoms with E-state index in [1.807, 2.05) is 0 Å².